The number of amides is 1. The van der Waals surface area contributed by atoms with Crippen molar-refractivity contribution in [2.24, 2.45) is 5.92 Å². The number of hydrogen-bond donors (Lipinski definition) is 0. The van der Waals surface area contributed by atoms with E-state index in [9.17, 15) is 4.79 Å². The Kier molecular flexibility index (Phi) is 3.60. The molecule has 2 aromatic rings. The van der Waals surface area contributed by atoms with E-state index in [1.54, 1.807) is 5.51 Å². The Labute approximate surface area is 133 Å². The molecule has 0 saturated carbocycles. The highest BCUT2D eigenvalue weighted by Gasteiger charge is 2.34. The maximum Gasteiger partial charge on any atom is 0.255 e. The summed E-state index contributed by atoms with van der Waals surface area (Å²) in [6.07, 6.45) is 0. The van der Waals surface area contributed by atoms with Crippen molar-refractivity contribution < 1.29 is 9.53 Å². The SMILES string of the molecule is CN1C[C@H]2COC[C@@H]1CN(C(=O)c1cccc3ncsc13)C2. The fourth-order valence-corrected chi connectivity index (χ4v) is 4.24. The van der Waals surface area contributed by atoms with Crippen molar-refractivity contribution in [1.82, 2.24) is 14.8 Å². The van der Waals surface area contributed by atoms with Crippen molar-refractivity contribution in [3.8, 4) is 0 Å². The van der Waals surface area contributed by atoms with Gasteiger partial charge in [-0.1, -0.05) is 6.07 Å². The Morgan fingerprint density at radius 3 is 3.14 bits per heavy atom. The van der Waals surface area contributed by atoms with Crippen LogP contribution in [0.25, 0.3) is 10.2 Å². The molecule has 2 fully saturated rings. The van der Waals surface area contributed by atoms with Crippen LogP contribution in [0.1, 0.15) is 10.4 Å². The molecule has 0 N–H and O–H groups in total. The first-order chi connectivity index (χ1) is 10.7. The Hall–Kier alpha value is -1.50. The number of nitrogens with zero attached hydrogens (tertiary/aromatic N) is 3. The average molecular weight is 317 g/mol. The molecule has 1 amide bonds. The summed E-state index contributed by atoms with van der Waals surface area (Å²) < 4.78 is 6.73. The summed E-state index contributed by atoms with van der Waals surface area (Å²) in [7, 11) is 2.13. The van der Waals surface area contributed by atoms with Crippen molar-refractivity contribution in [3.05, 3.63) is 29.3 Å². The molecule has 1 aromatic heterocycles. The largest absolute Gasteiger partial charge is 0.379 e. The van der Waals surface area contributed by atoms with Gasteiger partial charge in [-0.2, -0.15) is 0 Å². The number of rotatable bonds is 1. The van der Waals surface area contributed by atoms with Gasteiger partial charge in [-0.3, -0.25) is 9.69 Å². The summed E-state index contributed by atoms with van der Waals surface area (Å²) in [6.45, 7) is 3.96. The maximum absolute atomic E-state index is 13.0. The number of hydrogen-bond acceptors (Lipinski definition) is 5. The van der Waals surface area contributed by atoms with E-state index in [2.05, 4.69) is 16.9 Å². The number of carbonyl (C=O) groups excluding carboxylic acids is 1. The van der Waals surface area contributed by atoms with E-state index in [0.717, 1.165) is 42.0 Å². The van der Waals surface area contributed by atoms with Gasteiger partial charge in [-0.05, 0) is 19.2 Å². The molecule has 0 aliphatic carbocycles. The predicted molar refractivity (Wildman–Crippen MR) is 86.3 cm³/mol. The van der Waals surface area contributed by atoms with Crippen LogP contribution in [-0.4, -0.2) is 66.6 Å². The third-order valence-corrected chi connectivity index (χ3v) is 5.49. The van der Waals surface area contributed by atoms with Crippen LogP contribution in [0.15, 0.2) is 23.7 Å². The Morgan fingerprint density at radius 2 is 2.23 bits per heavy atom. The summed E-state index contributed by atoms with van der Waals surface area (Å²) in [6, 6.07) is 6.09. The van der Waals surface area contributed by atoms with Crippen molar-refractivity contribution in [2.45, 2.75) is 6.04 Å². The number of fused-ring (bicyclic) bond motifs is 4. The zero-order valence-corrected chi connectivity index (χ0v) is 13.4. The Bertz CT molecular complexity index is 702. The number of likely N-dealkylation sites (N-methyl/N-ethyl adjacent to an activating group) is 1. The van der Waals surface area contributed by atoms with E-state index < -0.39 is 0 Å². The van der Waals surface area contributed by atoms with Gasteiger partial charge in [-0.15, -0.1) is 11.3 Å². The molecule has 2 bridgehead atoms. The zero-order valence-electron chi connectivity index (χ0n) is 12.6. The van der Waals surface area contributed by atoms with Crippen LogP contribution < -0.4 is 0 Å². The van der Waals surface area contributed by atoms with Crippen LogP contribution >= 0.6 is 11.3 Å². The molecule has 22 heavy (non-hydrogen) atoms. The molecule has 0 radical (unpaired) electrons. The zero-order chi connectivity index (χ0) is 15.1. The Morgan fingerprint density at radius 1 is 1.32 bits per heavy atom. The average Bonchev–Trinajstić information content (AvgIpc) is 2.83. The summed E-state index contributed by atoms with van der Waals surface area (Å²) in [5.74, 6) is 0.518. The summed E-state index contributed by atoms with van der Waals surface area (Å²) in [4.78, 5) is 21.7. The lowest BCUT2D eigenvalue weighted by Gasteiger charge is -2.29. The van der Waals surface area contributed by atoms with Gasteiger partial charge in [0.1, 0.15) is 0 Å². The Balaban J connectivity index is 1.66. The van der Waals surface area contributed by atoms with Gasteiger partial charge < -0.3 is 9.64 Å². The van der Waals surface area contributed by atoms with E-state index in [1.807, 2.05) is 23.1 Å². The standard InChI is InChI=1S/C16H19N3O2S/c1-18-5-11-6-19(7-12(18)9-21-8-11)16(20)13-3-2-4-14-15(13)22-10-17-14/h2-4,10-12H,5-9H2,1H3/t11-,12+/m1/s1. The second kappa shape index (κ2) is 5.61. The van der Waals surface area contributed by atoms with Crippen LogP contribution in [0.5, 0.6) is 0 Å². The van der Waals surface area contributed by atoms with Gasteiger partial charge in [0, 0.05) is 25.6 Å². The molecule has 2 saturated heterocycles. The first-order valence-corrected chi connectivity index (χ1v) is 8.50. The third kappa shape index (κ3) is 2.41. The normalized spacial score (nSPS) is 26.1. The fourth-order valence-electron chi connectivity index (χ4n) is 3.44. The molecule has 4 rings (SSSR count). The third-order valence-electron chi connectivity index (χ3n) is 4.62. The monoisotopic (exact) mass is 317 g/mol. The molecule has 0 spiro atoms. The maximum atomic E-state index is 13.0. The van der Waals surface area contributed by atoms with Gasteiger partial charge in [0.25, 0.3) is 5.91 Å². The molecule has 5 nitrogen and oxygen atoms in total. The molecule has 1 aromatic carbocycles. The van der Waals surface area contributed by atoms with Crippen molar-refractivity contribution in [3.63, 3.8) is 0 Å². The van der Waals surface area contributed by atoms with Crippen molar-refractivity contribution >= 4 is 27.5 Å². The first-order valence-electron chi connectivity index (χ1n) is 7.62. The van der Waals surface area contributed by atoms with Crippen molar-refractivity contribution in [1.29, 1.82) is 0 Å². The summed E-state index contributed by atoms with van der Waals surface area (Å²) in [5.41, 5.74) is 3.50. The van der Waals surface area contributed by atoms with Crippen LogP contribution in [-0.2, 0) is 4.74 Å². The molecule has 6 heteroatoms. The highest BCUT2D eigenvalue weighted by atomic mass is 32.1. The number of aromatic nitrogens is 1. The lowest BCUT2D eigenvalue weighted by molar-refractivity contribution is 0.0435. The molecule has 2 atom stereocenters. The fraction of sp³-hybridized carbons (Fsp3) is 0.500. The number of carbonyl (C=O) groups is 1. The van der Waals surface area contributed by atoms with E-state index in [1.165, 1.54) is 11.3 Å². The second-order valence-electron chi connectivity index (χ2n) is 6.21. The number of thiazole rings is 1. The lowest BCUT2D eigenvalue weighted by atomic mass is 10.1. The lowest BCUT2D eigenvalue weighted by Crippen LogP contribution is -2.44. The first kappa shape index (κ1) is 14.1. The van der Waals surface area contributed by atoms with Crippen LogP contribution in [0.3, 0.4) is 0 Å². The second-order valence-corrected chi connectivity index (χ2v) is 7.07. The molecule has 2 aliphatic heterocycles. The van der Waals surface area contributed by atoms with E-state index in [0.29, 0.717) is 12.5 Å². The molecule has 0 unspecified atom stereocenters. The summed E-state index contributed by atoms with van der Waals surface area (Å²) in [5, 5.41) is 0. The minimum atomic E-state index is 0.127. The van der Waals surface area contributed by atoms with Gasteiger partial charge in [0.05, 0.1) is 40.5 Å². The van der Waals surface area contributed by atoms with Gasteiger partial charge >= 0.3 is 0 Å². The van der Waals surface area contributed by atoms with E-state index in [-0.39, 0.29) is 11.9 Å². The van der Waals surface area contributed by atoms with Gasteiger partial charge in [0.15, 0.2) is 0 Å². The quantitative estimate of drug-likeness (QED) is 0.803. The van der Waals surface area contributed by atoms with Gasteiger partial charge in [0.2, 0.25) is 0 Å². The topological polar surface area (TPSA) is 45.7 Å². The van der Waals surface area contributed by atoms with Crippen LogP contribution in [0, 0.1) is 5.92 Å². The van der Waals surface area contributed by atoms with Crippen molar-refractivity contribution in [2.75, 3.05) is 39.9 Å². The molecule has 2 aliphatic rings. The number of ether oxygens (including phenoxy) is 1. The van der Waals surface area contributed by atoms with E-state index >= 15 is 0 Å². The van der Waals surface area contributed by atoms with Gasteiger partial charge in [-0.25, -0.2) is 4.98 Å². The molecule has 3 heterocycles. The minimum absolute atomic E-state index is 0.127. The highest BCUT2D eigenvalue weighted by Crippen LogP contribution is 2.25. The minimum Gasteiger partial charge on any atom is -0.379 e. The smallest absolute Gasteiger partial charge is 0.255 e. The predicted octanol–water partition coefficient (Wildman–Crippen LogP) is 1.70. The molecule has 116 valence electrons. The molecular formula is C16H19N3O2S. The summed E-state index contributed by atoms with van der Waals surface area (Å²) >= 11 is 1.54. The highest BCUT2D eigenvalue weighted by molar-refractivity contribution is 7.17. The molecular weight excluding hydrogens is 298 g/mol. The van der Waals surface area contributed by atoms with Crippen LogP contribution in [0.4, 0.5) is 0 Å². The van der Waals surface area contributed by atoms with E-state index in [4.69, 9.17) is 4.74 Å². The number of benzene rings is 1. The van der Waals surface area contributed by atoms with Crippen LogP contribution in [0.2, 0.25) is 0 Å².